The average molecular weight is 196 g/mol. The summed E-state index contributed by atoms with van der Waals surface area (Å²) in [6, 6.07) is 0. The van der Waals surface area contributed by atoms with Crippen molar-refractivity contribution in [2.24, 2.45) is 0 Å². The summed E-state index contributed by atoms with van der Waals surface area (Å²) in [5, 5.41) is 0. The van der Waals surface area contributed by atoms with E-state index in [-0.39, 0.29) is 5.78 Å². The van der Waals surface area contributed by atoms with Crippen LogP contribution in [0.15, 0.2) is 11.8 Å². The lowest BCUT2D eigenvalue weighted by molar-refractivity contribution is -0.114. The summed E-state index contributed by atoms with van der Waals surface area (Å²) >= 11 is 0. The largest absolute Gasteiger partial charge is 0.378 e. The van der Waals surface area contributed by atoms with E-state index in [1.165, 1.54) is 5.70 Å². The summed E-state index contributed by atoms with van der Waals surface area (Å²) < 4.78 is 0. The highest BCUT2D eigenvalue weighted by atomic mass is 16.1. The van der Waals surface area contributed by atoms with Crippen molar-refractivity contribution in [3.05, 3.63) is 11.8 Å². The molecule has 0 bridgehead atoms. The van der Waals surface area contributed by atoms with Crippen LogP contribution in [0.1, 0.15) is 19.3 Å². The second kappa shape index (κ2) is 5.15. The highest BCUT2D eigenvalue weighted by molar-refractivity contribution is 5.92. The van der Waals surface area contributed by atoms with E-state index in [4.69, 9.17) is 0 Å². The Hall–Kier alpha value is -0.830. The van der Waals surface area contributed by atoms with Crippen LogP contribution in [0.4, 0.5) is 0 Å². The van der Waals surface area contributed by atoms with Crippen LogP contribution < -0.4 is 0 Å². The molecule has 0 N–H and O–H groups in total. The summed E-state index contributed by atoms with van der Waals surface area (Å²) in [4.78, 5) is 15.4. The number of rotatable bonds is 5. The van der Waals surface area contributed by atoms with Gasteiger partial charge in [0.2, 0.25) is 0 Å². The smallest absolute Gasteiger partial charge is 0.157 e. The fourth-order valence-corrected chi connectivity index (χ4v) is 1.65. The van der Waals surface area contributed by atoms with Gasteiger partial charge in [-0.25, -0.2) is 0 Å². The molecule has 0 aromatic carbocycles. The third-order valence-corrected chi connectivity index (χ3v) is 2.54. The van der Waals surface area contributed by atoms with Crippen molar-refractivity contribution in [3.63, 3.8) is 0 Å². The number of carbonyl (C=O) groups is 1. The third-order valence-electron chi connectivity index (χ3n) is 2.54. The summed E-state index contributed by atoms with van der Waals surface area (Å²) in [6.07, 6.45) is 4.56. The van der Waals surface area contributed by atoms with Crippen molar-refractivity contribution < 1.29 is 4.79 Å². The number of hydrogen-bond acceptors (Lipinski definition) is 3. The van der Waals surface area contributed by atoms with Crippen molar-refractivity contribution in [2.45, 2.75) is 19.3 Å². The van der Waals surface area contributed by atoms with E-state index in [1.54, 1.807) is 6.08 Å². The van der Waals surface area contributed by atoms with Crippen molar-refractivity contribution in [2.75, 3.05) is 34.2 Å². The molecule has 0 aromatic rings. The zero-order valence-corrected chi connectivity index (χ0v) is 9.42. The van der Waals surface area contributed by atoms with Gasteiger partial charge in [0.05, 0.1) is 0 Å². The lowest BCUT2D eigenvalue weighted by atomic mass is 10.3. The minimum Gasteiger partial charge on any atom is -0.378 e. The molecule has 80 valence electrons. The molecule has 0 saturated heterocycles. The summed E-state index contributed by atoms with van der Waals surface area (Å²) in [5.74, 6) is 0.277. The summed E-state index contributed by atoms with van der Waals surface area (Å²) in [5.41, 5.74) is 1.20. The summed E-state index contributed by atoms with van der Waals surface area (Å²) in [7, 11) is 6.23. The Kier molecular flexibility index (Phi) is 4.14. The van der Waals surface area contributed by atoms with Gasteiger partial charge in [0, 0.05) is 31.8 Å². The molecule has 14 heavy (non-hydrogen) atoms. The number of allylic oxidation sites excluding steroid dienone is 2. The molecule has 0 aromatic heterocycles. The second-order valence-electron chi connectivity index (χ2n) is 4.18. The van der Waals surface area contributed by atoms with E-state index >= 15 is 0 Å². The van der Waals surface area contributed by atoms with Gasteiger partial charge in [-0.15, -0.1) is 0 Å². The monoisotopic (exact) mass is 196 g/mol. The lowest BCUT2D eigenvalue weighted by Crippen LogP contribution is -2.22. The molecule has 1 aliphatic carbocycles. The van der Waals surface area contributed by atoms with Crippen LogP contribution in [0.25, 0.3) is 0 Å². The molecule has 0 saturated carbocycles. The number of nitrogens with zero attached hydrogens (tertiary/aromatic N) is 2. The van der Waals surface area contributed by atoms with Gasteiger partial charge in [0.25, 0.3) is 0 Å². The molecule has 1 aliphatic rings. The van der Waals surface area contributed by atoms with E-state index in [9.17, 15) is 4.79 Å². The van der Waals surface area contributed by atoms with E-state index in [1.807, 2.05) is 0 Å². The Morgan fingerprint density at radius 1 is 1.21 bits per heavy atom. The average Bonchev–Trinajstić information content (AvgIpc) is 2.51. The minimum absolute atomic E-state index is 0.277. The first-order valence-electron chi connectivity index (χ1n) is 5.19. The predicted octanol–water partition coefficient (Wildman–Crippen LogP) is 1.12. The maximum atomic E-state index is 11.0. The number of carbonyl (C=O) groups excluding carboxylic acids is 1. The van der Waals surface area contributed by atoms with Gasteiger partial charge in [-0.3, -0.25) is 4.79 Å². The topological polar surface area (TPSA) is 23.6 Å². The van der Waals surface area contributed by atoms with Gasteiger partial charge in [-0.2, -0.15) is 0 Å². The molecule has 0 radical (unpaired) electrons. The maximum absolute atomic E-state index is 11.0. The second-order valence-corrected chi connectivity index (χ2v) is 4.18. The molecule has 0 amide bonds. The van der Waals surface area contributed by atoms with Crippen molar-refractivity contribution in [1.82, 2.24) is 9.80 Å². The van der Waals surface area contributed by atoms with Gasteiger partial charge >= 0.3 is 0 Å². The molecule has 0 unspecified atom stereocenters. The third kappa shape index (κ3) is 3.50. The lowest BCUT2D eigenvalue weighted by Gasteiger charge is -2.21. The molecule has 0 atom stereocenters. The molecule has 1 rings (SSSR count). The molecular weight excluding hydrogens is 176 g/mol. The normalized spacial score (nSPS) is 16.3. The van der Waals surface area contributed by atoms with Crippen molar-refractivity contribution in [3.8, 4) is 0 Å². The first-order valence-corrected chi connectivity index (χ1v) is 5.19. The predicted molar refractivity (Wildman–Crippen MR) is 58.1 cm³/mol. The number of ketones is 1. The van der Waals surface area contributed by atoms with E-state index in [0.29, 0.717) is 6.42 Å². The van der Waals surface area contributed by atoms with E-state index < -0.39 is 0 Å². The zero-order chi connectivity index (χ0) is 10.6. The van der Waals surface area contributed by atoms with Crippen LogP contribution in [0.5, 0.6) is 0 Å². The fourth-order valence-electron chi connectivity index (χ4n) is 1.65. The van der Waals surface area contributed by atoms with Crippen LogP contribution in [0.3, 0.4) is 0 Å². The maximum Gasteiger partial charge on any atom is 0.157 e. The first-order chi connectivity index (χ1) is 6.59. The zero-order valence-electron chi connectivity index (χ0n) is 9.42. The molecule has 3 heteroatoms. The fraction of sp³-hybridized carbons (Fsp3) is 0.727. The Labute approximate surface area is 86.4 Å². The van der Waals surface area contributed by atoms with E-state index in [2.05, 4.69) is 30.9 Å². The van der Waals surface area contributed by atoms with Crippen LogP contribution in [0, 0.1) is 0 Å². The van der Waals surface area contributed by atoms with Crippen LogP contribution in [0.2, 0.25) is 0 Å². The van der Waals surface area contributed by atoms with Crippen LogP contribution in [-0.4, -0.2) is 49.8 Å². The molecule has 0 aliphatic heterocycles. The van der Waals surface area contributed by atoms with E-state index in [0.717, 1.165) is 25.9 Å². The highest BCUT2D eigenvalue weighted by Gasteiger charge is 2.14. The van der Waals surface area contributed by atoms with Crippen LogP contribution in [-0.2, 0) is 4.79 Å². The molecule has 0 fully saturated rings. The minimum atomic E-state index is 0.277. The molecule has 0 spiro atoms. The Morgan fingerprint density at radius 2 is 1.93 bits per heavy atom. The van der Waals surface area contributed by atoms with Crippen molar-refractivity contribution >= 4 is 5.78 Å². The van der Waals surface area contributed by atoms with Gasteiger partial charge in [0.1, 0.15) is 0 Å². The highest BCUT2D eigenvalue weighted by Crippen LogP contribution is 2.17. The van der Waals surface area contributed by atoms with Gasteiger partial charge < -0.3 is 9.80 Å². The Morgan fingerprint density at radius 3 is 2.43 bits per heavy atom. The Bertz CT molecular complexity index is 233. The molecular formula is C11H20N2O. The molecule has 0 heterocycles. The quantitative estimate of drug-likeness (QED) is 0.658. The number of hydrogen-bond donors (Lipinski definition) is 0. The summed E-state index contributed by atoms with van der Waals surface area (Å²) in [6.45, 7) is 2.14. The molecule has 3 nitrogen and oxygen atoms in total. The standard InChI is InChI=1S/C11H20N2O/c1-12(2)7-4-8-13(3)10-5-6-11(14)9-10/h9H,4-8H2,1-3H3. The van der Waals surface area contributed by atoms with Gasteiger partial charge in [0.15, 0.2) is 5.78 Å². The Balaban J connectivity index is 2.25. The van der Waals surface area contributed by atoms with Gasteiger partial charge in [-0.05, 0) is 33.5 Å². The first kappa shape index (κ1) is 11.2. The van der Waals surface area contributed by atoms with Crippen molar-refractivity contribution in [1.29, 1.82) is 0 Å². The van der Waals surface area contributed by atoms with Gasteiger partial charge in [-0.1, -0.05) is 0 Å². The SMILES string of the molecule is CN(C)CCCN(C)C1=CC(=O)CC1. The van der Waals surface area contributed by atoms with Crippen LogP contribution >= 0.6 is 0 Å².